The molecule has 7 heteroatoms. The summed E-state index contributed by atoms with van der Waals surface area (Å²) >= 11 is 1.43. The van der Waals surface area contributed by atoms with Crippen molar-refractivity contribution < 1.29 is 9.53 Å². The molecular formula is C11H16N4O2S. The van der Waals surface area contributed by atoms with Gasteiger partial charge in [0.25, 0.3) is 5.91 Å². The van der Waals surface area contributed by atoms with Crippen LogP contribution in [0.5, 0.6) is 0 Å². The van der Waals surface area contributed by atoms with Crippen molar-refractivity contribution in [1.29, 1.82) is 0 Å². The van der Waals surface area contributed by atoms with E-state index in [9.17, 15) is 4.79 Å². The van der Waals surface area contributed by atoms with E-state index in [1.54, 1.807) is 0 Å². The molecular weight excluding hydrogens is 252 g/mol. The highest BCUT2D eigenvalue weighted by molar-refractivity contribution is 7.17. The van der Waals surface area contributed by atoms with Gasteiger partial charge in [0.1, 0.15) is 4.88 Å². The van der Waals surface area contributed by atoms with Crippen molar-refractivity contribution in [2.45, 2.75) is 18.8 Å². The van der Waals surface area contributed by atoms with Gasteiger partial charge in [-0.2, -0.15) is 0 Å². The van der Waals surface area contributed by atoms with E-state index in [-0.39, 0.29) is 5.91 Å². The zero-order valence-electron chi connectivity index (χ0n) is 10.0. The SMILES string of the molecule is NNC(=O)c1sc(N2CCOCC2)nc1C1CC1. The van der Waals surface area contributed by atoms with E-state index in [0.29, 0.717) is 10.8 Å². The molecule has 1 aliphatic carbocycles. The summed E-state index contributed by atoms with van der Waals surface area (Å²) in [5, 5.41) is 0.916. The number of nitrogens with two attached hydrogens (primary N) is 1. The number of carbonyl (C=O) groups excluding carboxylic acids is 1. The number of hydrazine groups is 1. The highest BCUT2D eigenvalue weighted by Crippen LogP contribution is 2.44. The van der Waals surface area contributed by atoms with Crippen molar-refractivity contribution in [3.63, 3.8) is 0 Å². The lowest BCUT2D eigenvalue weighted by molar-refractivity contribution is 0.0956. The van der Waals surface area contributed by atoms with Gasteiger partial charge < -0.3 is 9.64 Å². The standard InChI is InChI=1S/C11H16N4O2S/c12-14-10(16)9-8(7-1-2-7)13-11(18-9)15-3-5-17-6-4-15/h7H,1-6,12H2,(H,14,16). The Morgan fingerprint density at radius 3 is 2.78 bits per heavy atom. The highest BCUT2D eigenvalue weighted by Gasteiger charge is 2.33. The average Bonchev–Trinajstić information content (AvgIpc) is 3.18. The Kier molecular flexibility index (Phi) is 3.19. The Morgan fingerprint density at radius 1 is 1.44 bits per heavy atom. The molecule has 2 aliphatic rings. The van der Waals surface area contributed by atoms with Crippen LogP contribution in [0.3, 0.4) is 0 Å². The number of aromatic nitrogens is 1. The fraction of sp³-hybridized carbons (Fsp3) is 0.636. The highest BCUT2D eigenvalue weighted by atomic mass is 32.1. The van der Waals surface area contributed by atoms with Gasteiger partial charge >= 0.3 is 0 Å². The van der Waals surface area contributed by atoms with Crippen LogP contribution in [0.2, 0.25) is 0 Å². The molecule has 98 valence electrons. The number of nitrogen functional groups attached to an aromatic ring is 1. The second-order valence-electron chi connectivity index (χ2n) is 4.56. The van der Waals surface area contributed by atoms with Crippen molar-refractivity contribution in [2.75, 3.05) is 31.2 Å². The maximum Gasteiger partial charge on any atom is 0.277 e. The fourth-order valence-electron chi connectivity index (χ4n) is 2.07. The van der Waals surface area contributed by atoms with Crippen molar-refractivity contribution in [2.24, 2.45) is 5.84 Å². The first-order valence-corrected chi connectivity index (χ1v) is 6.95. The number of nitrogens with one attached hydrogen (secondary N) is 1. The van der Waals surface area contributed by atoms with E-state index in [1.165, 1.54) is 11.3 Å². The Hall–Kier alpha value is -1.18. The van der Waals surface area contributed by atoms with Crippen LogP contribution in [-0.2, 0) is 4.74 Å². The minimum atomic E-state index is -0.228. The van der Waals surface area contributed by atoms with Crippen LogP contribution in [0.1, 0.15) is 34.1 Å². The van der Waals surface area contributed by atoms with E-state index in [0.717, 1.165) is 50.0 Å². The van der Waals surface area contributed by atoms with Gasteiger partial charge in [0.05, 0.1) is 18.9 Å². The van der Waals surface area contributed by atoms with Crippen molar-refractivity contribution in [1.82, 2.24) is 10.4 Å². The van der Waals surface area contributed by atoms with Gasteiger partial charge in [0.2, 0.25) is 0 Å². The van der Waals surface area contributed by atoms with Crippen molar-refractivity contribution >= 4 is 22.4 Å². The molecule has 1 saturated heterocycles. The lowest BCUT2D eigenvalue weighted by Crippen LogP contribution is -2.36. The molecule has 1 aromatic heterocycles. The molecule has 0 radical (unpaired) electrons. The van der Waals surface area contributed by atoms with Gasteiger partial charge in [-0.1, -0.05) is 11.3 Å². The molecule has 0 aromatic carbocycles. The monoisotopic (exact) mass is 268 g/mol. The molecule has 1 aliphatic heterocycles. The van der Waals surface area contributed by atoms with E-state index >= 15 is 0 Å². The summed E-state index contributed by atoms with van der Waals surface area (Å²) < 4.78 is 5.32. The number of hydrogen-bond donors (Lipinski definition) is 2. The maximum atomic E-state index is 11.8. The Morgan fingerprint density at radius 2 is 2.17 bits per heavy atom. The van der Waals surface area contributed by atoms with E-state index < -0.39 is 0 Å². The molecule has 1 aromatic rings. The number of amides is 1. The number of hydrogen-bond acceptors (Lipinski definition) is 6. The summed E-state index contributed by atoms with van der Waals surface area (Å²) in [6.45, 7) is 3.11. The predicted octanol–water partition coefficient (Wildman–Crippen LogP) is 0.461. The van der Waals surface area contributed by atoms with Gasteiger partial charge in [-0.15, -0.1) is 0 Å². The lowest BCUT2D eigenvalue weighted by atomic mass is 10.2. The molecule has 2 heterocycles. The summed E-state index contributed by atoms with van der Waals surface area (Å²) in [7, 11) is 0. The molecule has 18 heavy (non-hydrogen) atoms. The van der Waals surface area contributed by atoms with Gasteiger partial charge in [-0.05, 0) is 12.8 Å². The predicted molar refractivity (Wildman–Crippen MR) is 68.8 cm³/mol. The van der Waals surface area contributed by atoms with Gasteiger partial charge in [-0.3, -0.25) is 10.2 Å². The molecule has 1 saturated carbocycles. The number of rotatable bonds is 3. The molecule has 3 rings (SSSR count). The van der Waals surface area contributed by atoms with Crippen LogP contribution in [0.15, 0.2) is 0 Å². The number of thiazole rings is 1. The molecule has 6 nitrogen and oxygen atoms in total. The number of anilines is 1. The normalized spacial score (nSPS) is 19.9. The smallest absolute Gasteiger partial charge is 0.277 e. The van der Waals surface area contributed by atoms with Crippen LogP contribution < -0.4 is 16.2 Å². The minimum absolute atomic E-state index is 0.228. The van der Waals surface area contributed by atoms with E-state index in [1.807, 2.05) is 0 Å². The summed E-state index contributed by atoms with van der Waals surface area (Å²) in [6, 6.07) is 0. The number of carbonyl (C=O) groups is 1. The number of nitrogens with zero attached hydrogens (tertiary/aromatic N) is 2. The molecule has 0 unspecified atom stereocenters. The molecule has 1 amide bonds. The van der Waals surface area contributed by atoms with Gasteiger partial charge in [0.15, 0.2) is 5.13 Å². The Labute approximate surface area is 109 Å². The third-order valence-corrected chi connectivity index (χ3v) is 4.36. The number of morpholine rings is 1. The van der Waals surface area contributed by atoms with Gasteiger partial charge in [-0.25, -0.2) is 10.8 Å². The lowest BCUT2D eigenvalue weighted by Gasteiger charge is -2.26. The molecule has 0 atom stereocenters. The van der Waals surface area contributed by atoms with E-state index in [4.69, 9.17) is 10.6 Å². The summed E-state index contributed by atoms with van der Waals surface area (Å²) in [4.78, 5) is 19.2. The second kappa shape index (κ2) is 4.83. The largest absolute Gasteiger partial charge is 0.378 e. The minimum Gasteiger partial charge on any atom is -0.378 e. The average molecular weight is 268 g/mol. The van der Waals surface area contributed by atoms with Crippen LogP contribution in [0, 0.1) is 0 Å². The Bertz CT molecular complexity index is 452. The maximum absolute atomic E-state index is 11.8. The van der Waals surface area contributed by atoms with Crippen LogP contribution in [0.4, 0.5) is 5.13 Å². The fourth-order valence-corrected chi connectivity index (χ4v) is 3.18. The molecule has 3 N–H and O–H groups in total. The van der Waals surface area contributed by atoms with E-state index in [2.05, 4.69) is 15.3 Å². The molecule has 0 spiro atoms. The first kappa shape index (κ1) is 11.9. The Balaban J connectivity index is 1.88. The zero-order chi connectivity index (χ0) is 12.5. The molecule has 2 fully saturated rings. The summed E-state index contributed by atoms with van der Waals surface area (Å²) in [5.74, 6) is 5.45. The third kappa shape index (κ3) is 2.21. The second-order valence-corrected chi connectivity index (χ2v) is 5.54. The molecule has 0 bridgehead atoms. The third-order valence-electron chi connectivity index (χ3n) is 3.23. The van der Waals surface area contributed by atoms with Gasteiger partial charge in [0, 0.05) is 19.0 Å². The first-order valence-electron chi connectivity index (χ1n) is 6.14. The van der Waals surface area contributed by atoms with Crippen molar-refractivity contribution in [3.8, 4) is 0 Å². The topological polar surface area (TPSA) is 80.5 Å². The summed E-state index contributed by atoms with van der Waals surface area (Å²) in [6.07, 6.45) is 2.24. The zero-order valence-corrected chi connectivity index (χ0v) is 10.8. The summed E-state index contributed by atoms with van der Waals surface area (Å²) in [5.41, 5.74) is 3.13. The number of ether oxygens (including phenoxy) is 1. The quantitative estimate of drug-likeness (QED) is 0.473. The first-order chi connectivity index (χ1) is 8.79. The van der Waals surface area contributed by atoms with Crippen LogP contribution in [0.25, 0.3) is 0 Å². The van der Waals surface area contributed by atoms with Crippen molar-refractivity contribution in [3.05, 3.63) is 10.6 Å². The van der Waals surface area contributed by atoms with Crippen LogP contribution >= 0.6 is 11.3 Å². The van der Waals surface area contributed by atoms with Crippen LogP contribution in [-0.4, -0.2) is 37.2 Å².